The van der Waals surface area contributed by atoms with Crippen LogP contribution >= 0.6 is 0 Å². The first kappa shape index (κ1) is 15.3. The van der Waals surface area contributed by atoms with Crippen LogP contribution in [0, 0.1) is 19.8 Å². The molecule has 0 unspecified atom stereocenters. The molecule has 5 nitrogen and oxygen atoms in total. The van der Waals surface area contributed by atoms with E-state index >= 15 is 0 Å². The number of aryl methyl sites for hydroxylation is 1. The molecule has 112 valence electrons. The van der Waals surface area contributed by atoms with E-state index in [1.165, 1.54) is 0 Å². The van der Waals surface area contributed by atoms with Crippen LogP contribution in [0.4, 0.5) is 5.69 Å². The molecule has 3 N–H and O–H groups in total. The third-order valence-electron chi connectivity index (χ3n) is 3.88. The Kier molecular flexibility index (Phi) is 4.67. The fraction of sp³-hybridized carbons (Fsp3) is 0.571. The Labute approximate surface area is 120 Å². The van der Waals surface area contributed by atoms with Crippen molar-refractivity contribution in [2.24, 2.45) is 5.92 Å². The highest BCUT2D eigenvalue weighted by Gasteiger charge is 2.23. The minimum Gasteiger partial charge on any atom is -0.398 e. The molecule has 0 bridgehead atoms. The van der Waals surface area contributed by atoms with Gasteiger partial charge in [0.2, 0.25) is 10.0 Å². The number of hydrogen-bond donors (Lipinski definition) is 2. The highest BCUT2D eigenvalue weighted by Crippen LogP contribution is 2.25. The Hall–Kier alpha value is -1.11. The first-order chi connectivity index (χ1) is 9.42. The number of hydrogen-bond acceptors (Lipinski definition) is 4. The zero-order chi connectivity index (χ0) is 14.8. The SMILES string of the molecule is Cc1ccc(N)c(S(=O)(=O)NCC2CCOCC2)c1C. The third kappa shape index (κ3) is 3.31. The fourth-order valence-electron chi connectivity index (χ4n) is 2.42. The van der Waals surface area contributed by atoms with Crippen LogP contribution in [-0.2, 0) is 14.8 Å². The van der Waals surface area contributed by atoms with Crippen LogP contribution in [0.5, 0.6) is 0 Å². The molecule has 0 aromatic heterocycles. The molecule has 0 amide bonds. The molecule has 0 saturated carbocycles. The number of nitrogen functional groups attached to an aromatic ring is 1. The van der Waals surface area contributed by atoms with Crippen LogP contribution in [0.15, 0.2) is 17.0 Å². The lowest BCUT2D eigenvalue weighted by atomic mass is 10.0. The van der Waals surface area contributed by atoms with Crippen LogP contribution in [0.1, 0.15) is 24.0 Å². The third-order valence-corrected chi connectivity index (χ3v) is 5.50. The van der Waals surface area contributed by atoms with E-state index in [0.717, 1.165) is 18.4 Å². The number of ether oxygens (including phenoxy) is 1. The van der Waals surface area contributed by atoms with Gasteiger partial charge in [0, 0.05) is 19.8 Å². The van der Waals surface area contributed by atoms with Gasteiger partial charge in [-0.15, -0.1) is 0 Å². The highest BCUT2D eigenvalue weighted by atomic mass is 32.2. The molecule has 1 aromatic rings. The summed E-state index contributed by atoms with van der Waals surface area (Å²) in [5.41, 5.74) is 7.78. The van der Waals surface area contributed by atoms with Gasteiger partial charge in [-0.3, -0.25) is 0 Å². The Morgan fingerprint density at radius 2 is 1.95 bits per heavy atom. The zero-order valence-electron chi connectivity index (χ0n) is 12.0. The van der Waals surface area contributed by atoms with Crippen molar-refractivity contribution < 1.29 is 13.2 Å². The quantitative estimate of drug-likeness (QED) is 0.827. The van der Waals surface area contributed by atoms with Crippen molar-refractivity contribution in [1.29, 1.82) is 0 Å². The van der Waals surface area contributed by atoms with Gasteiger partial charge < -0.3 is 10.5 Å². The second-order valence-electron chi connectivity index (χ2n) is 5.33. The van der Waals surface area contributed by atoms with Gasteiger partial charge in [0.15, 0.2) is 0 Å². The van der Waals surface area contributed by atoms with Gasteiger partial charge in [-0.2, -0.15) is 0 Å². The Morgan fingerprint density at radius 3 is 2.60 bits per heavy atom. The molecule has 1 aliphatic heterocycles. The van der Waals surface area contributed by atoms with Gasteiger partial charge in [-0.05, 0) is 49.8 Å². The summed E-state index contributed by atoms with van der Waals surface area (Å²) in [5, 5.41) is 0. The summed E-state index contributed by atoms with van der Waals surface area (Å²) >= 11 is 0. The normalized spacial score (nSPS) is 17.3. The Morgan fingerprint density at radius 1 is 1.30 bits per heavy atom. The number of rotatable bonds is 4. The van der Waals surface area contributed by atoms with Crippen molar-refractivity contribution in [2.45, 2.75) is 31.6 Å². The largest absolute Gasteiger partial charge is 0.398 e. The smallest absolute Gasteiger partial charge is 0.242 e. The van der Waals surface area contributed by atoms with Crippen molar-refractivity contribution in [3.63, 3.8) is 0 Å². The summed E-state index contributed by atoms with van der Waals surface area (Å²) in [6.45, 7) is 5.52. The van der Waals surface area contributed by atoms with Crippen LogP contribution in [0.2, 0.25) is 0 Å². The van der Waals surface area contributed by atoms with E-state index < -0.39 is 10.0 Å². The molecule has 1 aromatic carbocycles. The maximum Gasteiger partial charge on any atom is 0.242 e. The van der Waals surface area contributed by atoms with E-state index in [-0.39, 0.29) is 4.90 Å². The summed E-state index contributed by atoms with van der Waals surface area (Å²) in [6.07, 6.45) is 1.79. The molecule has 1 heterocycles. The molecule has 1 aliphatic rings. The second kappa shape index (κ2) is 6.11. The van der Waals surface area contributed by atoms with Gasteiger partial charge in [-0.25, -0.2) is 13.1 Å². The van der Waals surface area contributed by atoms with Crippen molar-refractivity contribution >= 4 is 15.7 Å². The highest BCUT2D eigenvalue weighted by molar-refractivity contribution is 7.89. The predicted octanol–water partition coefficient (Wildman–Crippen LogP) is 1.59. The fourth-order valence-corrected chi connectivity index (χ4v) is 3.96. The number of anilines is 1. The van der Waals surface area contributed by atoms with Crippen LogP contribution in [0.25, 0.3) is 0 Å². The lowest BCUT2D eigenvalue weighted by molar-refractivity contribution is 0.0678. The van der Waals surface area contributed by atoms with Gasteiger partial charge >= 0.3 is 0 Å². The van der Waals surface area contributed by atoms with E-state index in [1.54, 1.807) is 13.0 Å². The summed E-state index contributed by atoms with van der Waals surface area (Å²) in [4.78, 5) is 0.213. The maximum absolute atomic E-state index is 12.4. The first-order valence-electron chi connectivity index (χ1n) is 6.85. The van der Waals surface area contributed by atoms with E-state index in [2.05, 4.69) is 4.72 Å². The standard InChI is InChI=1S/C14H22N2O3S/c1-10-3-4-13(15)14(11(10)2)20(17,18)16-9-12-5-7-19-8-6-12/h3-4,12,16H,5-9,15H2,1-2H3. The molecule has 20 heavy (non-hydrogen) atoms. The average molecular weight is 298 g/mol. The van der Waals surface area contributed by atoms with Crippen molar-refractivity contribution in [2.75, 3.05) is 25.5 Å². The van der Waals surface area contributed by atoms with Crippen molar-refractivity contribution in [3.05, 3.63) is 23.3 Å². The number of nitrogens with one attached hydrogen (secondary N) is 1. The molecular weight excluding hydrogens is 276 g/mol. The molecular formula is C14H22N2O3S. The summed E-state index contributed by atoms with van der Waals surface area (Å²) in [5.74, 6) is 0.338. The zero-order valence-corrected chi connectivity index (χ0v) is 12.8. The number of benzene rings is 1. The lowest BCUT2D eigenvalue weighted by Gasteiger charge is -2.22. The minimum absolute atomic E-state index is 0.213. The van der Waals surface area contributed by atoms with E-state index in [4.69, 9.17) is 10.5 Å². The molecule has 0 aliphatic carbocycles. The van der Waals surface area contributed by atoms with Crippen molar-refractivity contribution in [1.82, 2.24) is 4.72 Å². The number of sulfonamides is 1. The van der Waals surface area contributed by atoms with E-state index in [0.29, 0.717) is 36.9 Å². The summed E-state index contributed by atoms with van der Waals surface area (Å²) < 4.78 is 32.9. The number of nitrogens with two attached hydrogens (primary N) is 1. The van der Waals surface area contributed by atoms with Gasteiger partial charge in [0.25, 0.3) is 0 Å². The van der Waals surface area contributed by atoms with Crippen LogP contribution in [0.3, 0.4) is 0 Å². The van der Waals surface area contributed by atoms with Gasteiger partial charge in [0.05, 0.1) is 5.69 Å². The van der Waals surface area contributed by atoms with Crippen LogP contribution in [-0.4, -0.2) is 28.2 Å². The first-order valence-corrected chi connectivity index (χ1v) is 8.33. The van der Waals surface area contributed by atoms with Crippen molar-refractivity contribution in [3.8, 4) is 0 Å². The Bertz CT molecular complexity index is 578. The summed E-state index contributed by atoms with van der Waals surface area (Å²) in [6, 6.07) is 3.48. The summed E-state index contributed by atoms with van der Waals surface area (Å²) in [7, 11) is -3.56. The van der Waals surface area contributed by atoms with Crippen LogP contribution < -0.4 is 10.5 Å². The molecule has 1 fully saturated rings. The average Bonchev–Trinajstić information content (AvgIpc) is 2.42. The second-order valence-corrected chi connectivity index (χ2v) is 7.04. The molecule has 0 spiro atoms. The molecule has 1 saturated heterocycles. The predicted molar refractivity (Wildman–Crippen MR) is 79.1 cm³/mol. The molecule has 6 heteroatoms. The molecule has 2 rings (SSSR count). The molecule has 0 atom stereocenters. The maximum atomic E-state index is 12.4. The van der Waals surface area contributed by atoms with E-state index in [9.17, 15) is 8.42 Å². The monoisotopic (exact) mass is 298 g/mol. The minimum atomic E-state index is -3.56. The lowest BCUT2D eigenvalue weighted by Crippen LogP contribution is -2.33. The molecule has 0 radical (unpaired) electrons. The Balaban J connectivity index is 2.16. The van der Waals surface area contributed by atoms with Gasteiger partial charge in [0.1, 0.15) is 4.90 Å². The van der Waals surface area contributed by atoms with Gasteiger partial charge in [-0.1, -0.05) is 6.07 Å². The topological polar surface area (TPSA) is 81.4 Å². The van der Waals surface area contributed by atoms with E-state index in [1.807, 2.05) is 13.0 Å².